The van der Waals surface area contributed by atoms with Gasteiger partial charge in [-0.25, -0.2) is 4.68 Å². The van der Waals surface area contributed by atoms with E-state index < -0.39 is 11.9 Å². The van der Waals surface area contributed by atoms with Crippen LogP contribution in [-0.4, -0.2) is 67.6 Å². The molecule has 3 unspecified atom stereocenters. The van der Waals surface area contributed by atoms with Gasteiger partial charge in [0.2, 0.25) is 11.8 Å². The van der Waals surface area contributed by atoms with Crippen LogP contribution in [0.5, 0.6) is 0 Å². The normalized spacial score (nSPS) is 26.0. The van der Waals surface area contributed by atoms with Gasteiger partial charge in [0.25, 0.3) is 11.8 Å². The van der Waals surface area contributed by atoms with Gasteiger partial charge in [0.05, 0.1) is 11.9 Å². The molecule has 1 aromatic carbocycles. The maximum absolute atomic E-state index is 13.1. The van der Waals surface area contributed by atoms with E-state index in [0.29, 0.717) is 41.7 Å². The number of hydrogen-bond donors (Lipinski definition) is 1. The van der Waals surface area contributed by atoms with Gasteiger partial charge >= 0.3 is 0 Å². The minimum Gasteiger partial charge on any atom is -0.336 e. The summed E-state index contributed by atoms with van der Waals surface area (Å²) < 4.78 is 1.54. The van der Waals surface area contributed by atoms with Crippen molar-refractivity contribution in [2.45, 2.75) is 38.3 Å². The lowest BCUT2D eigenvalue weighted by Gasteiger charge is -2.38. The SMILES string of the molecule is O=C1CCC(N2Cc3cc(-n4cc(C(=O)N5CC6C=CCC(C6)C5)nn4)ccc3C2=O)C(=O)N1. The van der Waals surface area contributed by atoms with Crippen LogP contribution in [0.4, 0.5) is 0 Å². The Bertz CT molecular complexity index is 1250. The number of hydrogen-bond acceptors (Lipinski definition) is 6. The fourth-order valence-corrected chi connectivity index (χ4v) is 5.54. The number of benzene rings is 1. The quantitative estimate of drug-likeness (QED) is 0.541. The first-order valence-corrected chi connectivity index (χ1v) is 11.6. The Kier molecular flexibility index (Phi) is 4.82. The molecule has 2 aromatic rings. The molecule has 174 valence electrons. The summed E-state index contributed by atoms with van der Waals surface area (Å²) in [5.74, 6) is -0.174. The van der Waals surface area contributed by atoms with Crippen molar-refractivity contribution in [3.8, 4) is 5.69 Å². The van der Waals surface area contributed by atoms with Crippen molar-refractivity contribution in [2.75, 3.05) is 13.1 Å². The van der Waals surface area contributed by atoms with Crippen molar-refractivity contribution in [2.24, 2.45) is 11.8 Å². The molecule has 0 spiro atoms. The van der Waals surface area contributed by atoms with Crippen molar-refractivity contribution in [3.05, 3.63) is 53.4 Å². The van der Waals surface area contributed by atoms with Crippen molar-refractivity contribution < 1.29 is 19.2 Å². The largest absolute Gasteiger partial charge is 0.336 e. The van der Waals surface area contributed by atoms with Gasteiger partial charge in [0.1, 0.15) is 6.04 Å². The number of nitrogens with zero attached hydrogens (tertiary/aromatic N) is 5. The molecular formula is C24H24N6O4. The van der Waals surface area contributed by atoms with Crippen LogP contribution < -0.4 is 5.32 Å². The molecule has 2 fully saturated rings. The Morgan fingerprint density at radius 2 is 2.03 bits per heavy atom. The van der Waals surface area contributed by atoms with Gasteiger partial charge in [-0.15, -0.1) is 5.10 Å². The molecule has 3 atom stereocenters. The Morgan fingerprint density at radius 3 is 2.85 bits per heavy atom. The zero-order chi connectivity index (χ0) is 23.4. The molecule has 34 heavy (non-hydrogen) atoms. The first-order valence-electron chi connectivity index (χ1n) is 11.6. The van der Waals surface area contributed by atoms with Crippen molar-refractivity contribution in [1.82, 2.24) is 30.1 Å². The number of fused-ring (bicyclic) bond motifs is 3. The third-order valence-electron chi connectivity index (χ3n) is 7.22. The monoisotopic (exact) mass is 460 g/mol. The van der Waals surface area contributed by atoms with Crippen molar-refractivity contribution in [3.63, 3.8) is 0 Å². The standard InChI is InChI=1S/C24H24N6O4/c31-21-7-6-20(22(32)25-21)29-12-16-9-17(4-5-18(16)23(29)33)30-13-19(26-27-30)24(34)28-10-14-2-1-3-15(8-14)11-28/h1-2,4-5,9,13-15,20H,3,6-8,10-12H2,(H,25,31,32). The number of piperidine rings is 2. The minimum atomic E-state index is -0.657. The molecule has 1 aromatic heterocycles. The maximum atomic E-state index is 13.1. The molecule has 1 aliphatic carbocycles. The molecule has 3 aliphatic heterocycles. The summed E-state index contributed by atoms with van der Waals surface area (Å²) in [5, 5.41) is 10.6. The molecular weight excluding hydrogens is 436 g/mol. The number of imide groups is 1. The average Bonchev–Trinajstić information content (AvgIpc) is 3.43. The molecule has 0 radical (unpaired) electrons. The minimum absolute atomic E-state index is 0.114. The van der Waals surface area contributed by atoms with Crippen LogP contribution in [0.1, 0.15) is 52.1 Å². The third-order valence-corrected chi connectivity index (χ3v) is 7.22. The van der Waals surface area contributed by atoms with Crippen molar-refractivity contribution in [1.29, 1.82) is 0 Å². The van der Waals surface area contributed by atoms with E-state index in [1.54, 1.807) is 18.3 Å². The van der Waals surface area contributed by atoms with E-state index in [2.05, 4.69) is 27.8 Å². The third kappa shape index (κ3) is 3.49. The Labute approximate surface area is 195 Å². The molecule has 2 bridgehead atoms. The molecule has 4 amide bonds. The number of carbonyl (C=O) groups is 4. The molecule has 1 N–H and O–H groups in total. The van der Waals surface area contributed by atoms with E-state index in [1.807, 2.05) is 11.0 Å². The highest BCUT2D eigenvalue weighted by molar-refractivity contribution is 6.05. The maximum Gasteiger partial charge on any atom is 0.276 e. The van der Waals surface area contributed by atoms with E-state index in [4.69, 9.17) is 0 Å². The number of allylic oxidation sites excluding steroid dienone is 1. The zero-order valence-electron chi connectivity index (χ0n) is 18.5. The average molecular weight is 460 g/mol. The van der Waals surface area contributed by atoms with Gasteiger partial charge in [-0.3, -0.25) is 24.5 Å². The van der Waals surface area contributed by atoms with Crippen LogP contribution in [-0.2, 0) is 16.1 Å². The van der Waals surface area contributed by atoms with Crippen LogP contribution in [0.25, 0.3) is 5.69 Å². The van der Waals surface area contributed by atoms with Gasteiger partial charge in [-0.1, -0.05) is 17.4 Å². The second kappa shape index (κ2) is 7.89. The number of nitrogens with one attached hydrogen (secondary N) is 1. The first-order chi connectivity index (χ1) is 16.5. The predicted octanol–water partition coefficient (Wildman–Crippen LogP) is 1.07. The molecule has 10 heteroatoms. The summed E-state index contributed by atoms with van der Waals surface area (Å²) in [5.41, 5.74) is 2.27. The van der Waals surface area contributed by atoms with Crippen LogP contribution in [0.2, 0.25) is 0 Å². The molecule has 10 nitrogen and oxygen atoms in total. The van der Waals surface area contributed by atoms with Gasteiger partial charge in [0, 0.05) is 31.6 Å². The summed E-state index contributed by atoms with van der Waals surface area (Å²) in [4.78, 5) is 53.0. The zero-order valence-corrected chi connectivity index (χ0v) is 18.5. The number of rotatable bonds is 3. The lowest BCUT2D eigenvalue weighted by Crippen LogP contribution is -2.52. The summed E-state index contributed by atoms with van der Waals surface area (Å²) in [6.07, 6.45) is 8.73. The Morgan fingerprint density at radius 1 is 1.15 bits per heavy atom. The smallest absolute Gasteiger partial charge is 0.276 e. The number of amides is 4. The van der Waals surface area contributed by atoms with E-state index in [1.165, 1.54) is 9.58 Å². The van der Waals surface area contributed by atoms with Crippen LogP contribution in [0.3, 0.4) is 0 Å². The van der Waals surface area contributed by atoms with E-state index in [-0.39, 0.29) is 30.7 Å². The molecule has 2 saturated heterocycles. The second-order valence-electron chi connectivity index (χ2n) is 9.53. The molecule has 4 heterocycles. The summed E-state index contributed by atoms with van der Waals surface area (Å²) in [7, 11) is 0. The van der Waals surface area contributed by atoms with Gasteiger partial charge in [-0.05, 0) is 54.9 Å². The molecule has 6 rings (SSSR count). The highest BCUT2D eigenvalue weighted by Crippen LogP contribution is 2.31. The lowest BCUT2D eigenvalue weighted by molar-refractivity contribution is -0.136. The van der Waals surface area contributed by atoms with Gasteiger partial charge in [-0.2, -0.15) is 0 Å². The van der Waals surface area contributed by atoms with E-state index in [9.17, 15) is 19.2 Å². The van der Waals surface area contributed by atoms with Crippen molar-refractivity contribution >= 4 is 23.6 Å². The van der Waals surface area contributed by atoms with E-state index >= 15 is 0 Å². The fraction of sp³-hybridized carbons (Fsp3) is 0.417. The topological polar surface area (TPSA) is 118 Å². The predicted molar refractivity (Wildman–Crippen MR) is 119 cm³/mol. The van der Waals surface area contributed by atoms with E-state index in [0.717, 1.165) is 24.9 Å². The van der Waals surface area contributed by atoms with Gasteiger partial charge < -0.3 is 9.80 Å². The molecule has 0 saturated carbocycles. The summed E-state index contributed by atoms with van der Waals surface area (Å²) in [6.45, 7) is 1.72. The number of carbonyl (C=O) groups excluding carboxylic acids is 4. The van der Waals surface area contributed by atoms with Crippen LogP contribution in [0.15, 0.2) is 36.5 Å². The van der Waals surface area contributed by atoms with Gasteiger partial charge in [0.15, 0.2) is 5.69 Å². The fourth-order valence-electron chi connectivity index (χ4n) is 5.54. The summed E-state index contributed by atoms with van der Waals surface area (Å²) >= 11 is 0. The Hall–Kier alpha value is -3.82. The summed E-state index contributed by atoms with van der Waals surface area (Å²) in [6, 6.07) is 4.64. The number of aromatic nitrogens is 3. The Balaban J connectivity index is 1.20. The van der Waals surface area contributed by atoms with Crippen LogP contribution >= 0.6 is 0 Å². The highest BCUT2D eigenvalue weighted by atomic mass is 16.2. The first kappa shape index (κ1) is 20.8. The van der Waals surface area contributed by atoms with Crippen LogP contribution in [0, 0.1) is 11.8 Å². The lowest BCUT2D eigenvalue weighted by atomic mass is 9.82. The molecule has 4 aliphatic rings. The number of likely N-dealkylation sites (tertiary alicyclic amines) is 1. The second-order valence-corrected chi connectivity index (χ2v) is 9.53. The highest BCUT2D eigenvalue weighted by Gasteiger charge is 2.39.